The van der Waals surface area contributed by atoms with Crippen molar-refractivity contribution in [2.75, 3.05) is 26.2 Å². The zero-order valence-electron chi connectivity index (χ0n) is 13.7. The molecule has 0 aliphatic carbocycles. The van der Waals surface area contributed by atoms with Gasteiger partial charge >= 0.3 is 0 Å². The maximum absolute atomic E-state index is 12.4. The van der Waals surface area contributed by atoms with Gasteiger partial charge in [-0.2, -0.15) is 0 Å². The largest absolute Gasteiger partial charge is 0.459 e. The van der Waals surface area contributed by atoms with Crippen LogP contribution in [0.3, 0.4) is 0 Å². The first-order chi connectivity index (χ1) is 11.1. The summed E-state index contributed by atoms with van der Waals surface area (Å²) >= 11 is 0. The van der Waals surface area contributed by atoms with Crippen LogP contribution < -0.4 is 0 Å². The van der Waals surface area contributed by atoms with Gasteiger partial charge in [-0.05, 0) is 32.4 Å². The maximum Gasteiger partial charge on any atom is 0.289 e. The molecular formula is C16H23N5O2. The van der Waals surface area contributed by atoms with Crippen LogP contribution in [0.1, 0.15) is 42.7 Å². The van der Waals surface area contributed by atoms with E-state index in [2.05, 4.69) is 33.5 Å². The molecule has 7 heteroatoms. The molecule has 3 heterocycles. The van der Waals surface area contributed by atoms with Crippen molar-refractivity contribution in [1.29, 1.82) is 0 Å². The fourth-order valence-corrected chi connectivity index (χ4v) is 2.90. The minimum absolute atomic E-state index is 0.0257. The van der Waals surface area contributed by atoms with E-state index in [0.717, 1.165) is 38.4 Å². The molecule has 2 aromatic heterocycles. The molecule has 0 bridgehead atoms. The minimum Gasteiger partial charge on any atom is -0.459 e. The van der Waals surface area contributed by atoms with Gasteiger partial charge in [-0.1, -0.05) is 0 Å². The minimum atomic E-state index is -0.0257. The summed E-state index contributed by atoms with van der Waals surface area (Å²) in [4.78, 5) is 16.6. The van der Waals surface area contributed by atoms with Crippen LogP contribution in [0.25, 0.3) is 0 Å². The first-order valence-electron chi connectivity index (χ1n) is 8.08. The number of aromatic nitrogens is 3. The lowest BCUT2D eigenvalue weighted by atomic mass is 10.3. The predicted molar refractivity (Wildman–Crippen MR) is 84.9 cm³/mol. The number of nitrogens with zero attached hydrogens (tertiary/aromatic N) is 5. The Morgan fingerprint density at radius 3 is 2.91 bits per heavy atom. The molecule has 0 radical (unpaired) electrons. The van der Waals surface area contributed by atoms with E-state index in [1.807, 2.05) is 4.90 Å². The summed E-state index contributed by atoms with van der Waals surface area (Å²) in [6.07, 6.45) is 4.27. The Morgan fingerprint density at radius 1 is 1.30 bits per heavy atom. The zero-order chi connectivity index (χ0) is 16.2. The monoisotopic (exact) mass is 317 g/mol. The molecule has 7 nitrogen and oxygen atoms in total. The van der Waals surface area contributed by atoms with Crippen LogP contribution in [-0.4, -0.2) is 56.7 Å². The number of hydrogen-bond donors (Lipinski definition) is 0. The van der Waals surface area contributed by atoms with E-state index in [9.17, 15) is 4.79 Å². The Labute approximate surface area is 135 Å². The molecule has 0 N–H and O–H groups in total. The molecule has 1 aliphatic heterocycles. The van der Waals surface area contributed by atoms with Gasteiger partial charge in [0.2, 0.25) is 0 Å². The number of hydrogen-bond acceptors (Lipinski definition) is 5. The molecule has 0 atom stereocenters. The molecule has 3 rings (SSSR count). The summed E-state index contributed by atoms with van der Waals surface area (Å²) in [7, 11) is 0. The van der Waals surface area contributed by atoms with E-state index in [1.165, 1.54) is 6.26 Å². The normalized spacial score (nSPS) is 16.7. The van der Waals surface area contributed by atoms with Crippen molar-refractivity contribution in [3.8, 4) is 0 Å². The van der Waals surface area contributed by atoms with Gasteiger partial charge in [-0.15, -0.1) is 10.2 Å². The third-order valence-electron chi connectivity index (χ3n) is 4.18. The van der Waals surface area contributed by atoms with Crippen LogP contribution in [-0.2, 0) is 6.54 Å². The van der Waals surface area contributed by atoms with Gasteiger partial charge in [-0.3, -0.25) is 9.69 Å². The summed E-state index contributed by atoms with van der Waals surface area (Å²) in [5.41, 5.74) is 0. The van der Waals surface area contributed by atoms with Gasteiger partial charge in [-0.25, -0.2) is 0 Å². The number of carbonyl (C=O) groups is 1. The van der Waals surface area contributed by atoms with Gasteiger partial charge in [0.25, 0.3) is 5.91 Å². The summed E-state index contributed by atoms with van der Waals surface area (Å²) < 4.78 is 7.31. The quantitative estimate of drug-likeness (QED) is 0.860. The first kappa shape index (κ1) is 15.7. The van der Waals surface area contributed by atoms with E-state index >= 15 is 0 Å². The Hall–Kier alpha value is -2.15. The van der Waals surface area contributed by atoms with Gasteiger partial charge in [0.05, 0.1) is 12.8 Å². The van der Waals surface area contributed by atoms with Crippen LogP contribution in [0.5, 0.6) is 0 Å². The molecule has 0 aromatic carbocycles. The highest BCUT2D eigenvalue weighted by Crippen LogP contribution is 2.13. The molecular weight excluding hydrogens is 294 g/mol. The molecule has 1 amide bonds. The Morgan fingerprint density at radius 2 is 2.17 bits per heavy atom. The highest BCUT2D eigenvalue weighted by molar-refractivity contribution is 5.91. The molecule has 23 heavy (non-hydrogen) atoms. The van der Waals surface area contributed by atoms with Crippen molar-refractivity contribution in [3.63, 3.8) is 0 Å². The lowest BCUT2D eigenvalue weighted by Gasteiger charge is -2.21. The Kier molecular flexibility index (Phi) is 4.76. The second-order valence-corrected chi connectivity index (χ2v) is 6.15. The van der Waals surface area contributed by atoms with Crippen molar-refractivity contribution < 1.29 is 9.21 Å². The standard InChI is InChI=1S/C16H23N5O2/c1-13(2)21-12-17-18-15(21)11-19-6-4-7-20(9-8-19)16(22)14-5-3-10-23-14/h3,5,10,12-13H,4,6-9,11H2,1-2H3. The second-order valence-electron chi connectivity index (χ2n) is 6.15. The van der Waals surface area contributed by atoms with Crippen molar-refractivity contribution in [3.05, 3.63) is 36.3 Å². The van der Waals surface area contributed by atoms with Gasteiger partial charge in [0, 0.05) is 32.2 Å². The first-order valence-corrected chi connectivity index (χ1v) is 8.08. The van der Waals surface area contributed by atoms with E-state index in [4.69, 9.17) is 4.42 Å². The third-order valence-corrected chi connectivity index (χ3v) is 4.18. The van der Waals surface area contributed by atoms with E-state index in [0.29, 0.717) is 18.3 Å². The van der Waals surface area contributed by atoms with Crippen LogP contribution in [0.2, 0.25) is 0 Å². The molecule has 124 valence electrons. The molecule has 0 saturated carbocycles. The number of furan rings is 1. The van der Waals surface area contributed by atoms with Crippen molar-refractivity contribution in [2.45, 2.75) is 32.9 Å². The molecule has 2 aromatic rings. The Balaban J connectivity index is 1.60. The third kappa shape index (κ3) is 3.61. The number of rotatable bonds is 4. The second kappa shape index (κ2) is 6.95. The van der Waals surface area contributed by atoms with E-state index in [1.54, 1.807) is 18.5 Å². The smallest absolute Gasteiger partial charge is 0.289 e. The SMILES string of the molecule is CC(C)n1cnnc1CN1CCCN(C(=O)c2ccco2)CC1. The van der Waals surface area contributed by atoms with Crippen molar-refractivity contribution in [2.24, 2.45) is 0 Å². The summed E-state index contributed by atoms with van der Waals surface area (Å²) in [6.45, 7) is 8.26. The lowest BCUT2D eigenvalue weighted by molar-refractivity contribution is 0.0729. The maximum atomic E-state index is 12.4. The summed E-state index contributed by atoms with van der Waals surface area (Å²) in [6, 6.07) is 3.82. The van der Waals surface area contributed by atoms with Crippen molar-refractivity contribution >= 4 is 5.91 Å². The average molecular weight is 317 g/mol. The van der Waals surface area contributed by atoms with Gasteiger partial charge in [0.1, 0.15) is 12.2 Å². The highest BCUT2D eigenvalue weighted by atomic mass is 16.3. The van der Waals surface area contributed by atoms with Crippen LogP contribution in [0, 0.1) is 0 Å². The highest BCUT2D eigenvalue weighted by Gasteiger charge is 2.22. The molecule has 0 unspecified atom stereocenters. The molecule has 1 saturated heterocycles. The van der Waals surface area contributed by atoms with Gasteiger partial charge in [0.15, 0.2) is 5.76 Å². The van der Waals surface area contributed by atoms with Crippen LogP contribution >= 0.6 is 0 Å². The topological polar surface area (TPSA) is 67.4 Å². The Bertz CT molecular complexity index is 635. The lowest BCUT2D eigenvalue weighted by Crippen LogP contribution is -2.35. The summed E-state index contributed by atoms with van der Waals surface area (Å²) in [5.74, 6) is 1.37. The van der Waals surface area contributed by atoms with Crippen molar-refractivity contribution in [1.82, 2.24) is 24.6 Å². The zero-order valence-corrected chi connectivity index (χ0v) is 13.7. The van der Waals surface area contributed by atoms with Crippen LogP contribution in [0.4, 0.5) is 0 Å². The number of carbonyl (C=O) groups excluding carboxylic acids is 1. The van der Waals surface area contributed by atoms with E-state index in [-0.39, 0.29) is 5.91 Å². The fraction of sp³-hybridized carbons (Fsp3) is 0.562. The summed E-state index contributed by atoms with van der Waals surface area (Å²) in [5, 5.41) is 8.25. The molecule has 0 spiro atoms. The molecule has 1 aliphatic rings. The number of amides is 1. The predicted octanol–water partition coefficient (Wildman–Crippen LogP) is 1.80. The average Bonchev–Trinajstić information content (AvgIpc) is 3.16. The van der Waals surface area contributed by atoms with Crippen LogP contribution in [0.15, 0.2) is 29.1 Å². The van der Waals surface area contributed by atoms with E-state index < -0.39 is 0 Å². The van der Waals surface area contributed by atoms with Gasteiger partial charge < -0.3 is 13.9 Å². The molecule has 1 fully saturated rings. The fourth-order valence-electron chi connectivity index (χ4n) is 2.90.